The molecule has 1 saturated heterocycles. The number of piperazine rings is 1. The third-order valence-corrected chi connectivity index (χ3v) is 4.37. The molecule has 2 heterocycles. The van der Waals surface area contributed by atoms with Crippen molar-refractivity contribution in [2.24, 2.45) is 0 Å². The molecule has 1 fully saturated rings. The summed E-state index contributed by atoms with van der Waals surface area (Å²) in [6.07, 6.45) is 5.43. The Balaban J connectivity index is 1.44. The maximum absolute atomic E-state index is 12.3. The van der Waals surface area contributed by atoms with Crippen molar-refractivity contribution in [2.45, 2.75) is 19.3 Å². The molecule has 3 rings (SSSR count). The van der Waals surface area contributed by atoms with Gasteiger partial charge in [0.05, 0.1) is 12.7 Å². The Morgan fingerprint density at radius 2 is 1.96 bits per heavy atom. The van der Waals surface area contributed by atoms with Crippen LogP contribution in [0.2, 0.25) is 0 Å². The van der Waals surface area contributed by atoms with E-state index in [-0.39, 0.29) is 18.4 Å². The second-order valence-electron chi connectivity index (χ2n) is 6.04. The van der Waals surface area contributed by atoms with Gasteiger partial charge in [-0.1, -0.05) is 30.3 Å². The van der Waals surface area contributed by atoms with Gasteiger partial charge in [-0.05, 0) is 24.0 Å². The summed E-state index contributed by atoms with van der Waals surface area (Å²) in [7, 11) is 0. The van der Waals surface area contributed by atoms with Gasteiger partial charge in [-0.2, -0.15) is 5.10 Å². The highest BCUT2D eigenvalue weighted by molar-refractivity contribution is 5.86. The molecule has 1 aliphatic heterocycles. The number of nitrogens with zero attached hydrogens (tertiary/aromatic N) is 3. The fourth-order valence-electron chi connectivity index (χ4n) is 2.89. The van der Waals surface area contributed by atoms with E-state index in [0.717, 1.165) is 12.0 Å². The molecule has 0 unspecified atom stereocenters. The summed E-state index contributed by atoms with van der Waals surface area (Å²) in [6.45, 7) is 2.13. The summed E-state index contributed by atoms with van der Waals surface area (Å²) in [5.41, 5.74) is 2.24. The summed E-state index contributed by atoms with van der Waals surface area (Å²) in [4.78, 5) is 28.1. The number of aryl methyl sites for hydroxylation is 1. The smallest absolute Gasteiger partial charge is 0.242 e. The fourth-order valence-corrected chi connectivity index (χ4v) is 2.89. The maximum Gasteiger partial charge on any atom is 0.242 e. The summed E-state index contributed by atoms with van der Waals surface area (Å²) in [6, 6.07) is 10.1. The Labute approximate surface area is 141 Å². The van der Waals surface area contributed by atoms with Gasteiger partial charge in [-0.25, -0.2) is 0 Å². The number of carbonyl (C=O) groups is 2. The fraction of sp³-hybridized carbons (Fsp3) is 0.389. The van der Waals surface area contributed by atoms with Crippen molar-refractivity contribution in [3.63, 3.8) is 0 Å². The molecule has 0 bridgehead atoms. The molecule has 1 aromatic carbocycles. The molecule has 1 aliphatic rings. The third-order valence-electron chi connectivity index (χ3n) is 4.37. The van der Waals surface area contributed by atoms with Gasteiger partial charge in [0.1, 0.15) is 0 Å². The van der Waals surface area contributed by atoms with E-state index in [0.29, 0.717) is 32.5 Å². The Kier molecular flexibility index (Phi) is 5.25. The van der Waals surface area contributed by atoms with E-state index in [4.69, 9.17) is 0 Å². The number of hydrogen-bond acceptors (Lipinski definition) is 3. The van der Waals surface area contributed by atoms with Gasteiger partial charge < -0.3 is 9.80 Å². The lowest BCUT2D eigenvalue weighted by Gasteiger charge is -2.34. The number of hydrogen-bond donors (Lipinski definition) is 1. The van der Waals surface area contributed by atoms with Crippen LogP contribution in [0.15, 0.2) is 42.7 Å². The summed E-state index contributed by atoms with van der Waals surface area (Å²) in [5.74, 6) is 0.0705. The molecule has 0 atom stereocenters. The van der Waals surface area contributed by atoms with Crippen LogP contribution in [0, 0.1) is 0 Å². The molecule has 24 heavy (non-hydrogen) atoms. The van der Waals surface area contributed by atoms with Gasteiger partial charge in [0.25, 0.3) is 0 Å². The zero-order chi connectivity index (χ0) is 16.8. The molecule has 1 aromatic heterocycles. The van der Waals surface area contributed by atoms with E-state index in [9.17, 15) is 9.59 Å². The van der Waals surface area contributed by atoms with Crippen LogP contribution in [0.5, 0.6) is 0 Å². The number of amides is 2. The van der Waals surface area contributed by atoms with Crippen LogP contribution in [0.1, 0.15) is 17.5 Å². The Morgan fingerprint density at radius 1 is 1.12 bits per heavy atom. The van der Waals surface area contributed by atoms with Crippen LogP contribution in [0.25, 0.3) is 0 Å². The van der Waals surface area contributed by atoms with E-state index in [2.05, 4.69) is 22.3 Å². The first-order valence-electron chi connectivity index (χ1n) is 8.29. The number of carbonyl (C=O) groups excluding carboxylic acids is 2. The standard InChI is InChI=1S/C18H22N4O2/c23-17(7-6-16-12-19-20-13-16)22-11-10-21(18(24)14-22)9-8-15-4-2-1-3-5-15/h1-5,12-13H,6-11,14H2,(H,19,20). The van der Waals surface area contributed by atoms with Crippen molar-refractivity contribution in [3.8, 4) is 0 Å². The predicted molar refractivity (Wildman–Crippen MR) is 90.2 cm³/mol. The zero-order valence-electron chi connectivity index (χ0n) is 13.6. The van der Waals surface area contributed by atoms with Crippen molar-refractivity contribution >= 4 is 11.8 Å². The molecule has 6 nitrogen and oxygen atoms in total. The van der Waals surface area contributed by atoms with E-state index in [1.54, 1.807) is 17.3 Å². The van der Waals surface area contributed by atoms with Gasteiger partial charge in [-0.3, -0.25) is 14.7 Å². The van der Waals surface area contributed by atoms with E-state index in [1.807, 2.05) is 23.1 Å². The molecule has 6 heteroatoms. The number of H-pyrrole nitrogens is 1. The molecule has 0 spiro atoms. The highest BCUT2D eigenvalue weighted by Crippen LogP contribution is 2.09. The van der Waals surface area contributed by atoms with Crippen molar-refractivity contribution < 1.29 is 9.59 Å². The minimum Gasteiger partial charge on any atom is -0.339 e. The lowest BCUT2D eigenvalue weighted by atomic mass is 10.1. The van der Waals surface area contributed by atoms with Crippen LogP contribution in [-0.2, 0) is 22.4 Å². The van der Waals surface area contributed by atoms with Crippen molar-refractivity contribution in [2.75, 3.05) is 26.2 Å². The molecular formula is C18H22N4O2. The zero-order valence-corrected chi connectivity index (χ0v) is 13.6. The second kappa shape index (κ2) is 7.77. The van der Waals surface area contributed by atoms with Crippen LogP contribution in [0.4, 0.5) is 0 Å². The highest BCUT2D eigenvalue weighted by Gasteiger charge is 2.26. The number of benzene rings is 1. The number of aromatic amines is 1. The van der Waals surface area contributed by atoms with Crippen LogP contribution in [0.3, 0.4) is 0 Å². The molecule has 0 saturated carbocycles. The average molecular weight is 326 g/mol. The maximum atomic E-state index is 12.3. The first-order chi connectivity index (χ1) is 11.7. The van der Waals surface area contributed by atoms with Crippen LogP contribution < -0.4 is 0 Å². The third kappa shape index (κ3) is 4.22. The van der Waals surface area contributed by atoms with Gasteiger partial charge in [0.15, 0.2) is 0 Å². The molecule has 126 valence electrons. The largest absolute Gasteiger partial charge is 0.339 e. The van der Waals surface area contributed by atoms with Crippen LogP contribution >= 0.6 is 0 Å². The highest BCUT2D eigenvalue weighted by atomic mass is 16.2. The number of nitrogens with one attached hydrogen (secondary N) is 1. The molecule has 0 aliphatic carbocycles. The molecule has 1 N–H and O–H groups in total. The Bertz CT molecular complexity index is 670. The minimum atomic E-state index is 0.0345. The second-order valence-corrected chi connectivity index (χ2v) is 6.04. The Morgan fingerprint density at radius 3 is 2.67 bits per heavy atom. The first kappa shape index (κ1) is 16.2. The monoisotopic (exact) mass is 326 g/mol. The lowest BCUT2D eigenvalue weighted by Crippen LogP contribution is -2.52. The van der Waals surface area contributed by atoms with Crippen molar-refractivity contribution in [3.05, 3.63) is 53.9 Å². The minimum absolute atomic E-state index is 0.0345. The number of rotatable bonds is 6. The lowest BCUT2D eigenvalue weighted by molar-refractivity contribution is -0.145. The van der Waals surface area contributed by atoms with E-state index in [1.165, 1.54) is 5.56 Å². The van der Waals surface area contributed by atoms with Gasteiger partial charge >= 0.3 is 0 Å². The van der Waals surface area contributed by atoms with Crippen molar-refractivity contribution in [1.29, 1.82) is 0 Å². The number of aromatic nitrogens is 2. The molecule has 2 aromatic rings. The Hall–Kier alpha value is -2.63. The van der Waals surface area contributed by atoms with Gasteiger partial charge in [0.2, 0.25) is 11.8 Å². The normalized spacial score (nSPS) is 14.9. The van der Waals surface area contributed by atoms with Gasteiger partial charge in [-0.15, -0.1) is 0 Å². The van der Waals surface area contributed by atoms with Crippen molar-refractivity contribution in [1.82, 2.24) is 20.0 Å². The first-order valence-corrected chi connectivity index (χ1v) is 8.29. The summed E-state index contributed by atoms with van der Waals surface area (Å²) in [5, 5.41) is 6.61. The quantitative estimate of drug-likeness (QED) is 0.869. The average Bonchev–Trinajstić information content (AvgIpc) is 3.13. The summed E-state index contributed by atoms with van der Waals surface area (Å²) >= 11 is 0. The predicted octanol–water partition coefficient (Wildman–Crippen LogP) is 1.26. The molecule has 0 radical (unpaired) electrons. The molecule has 2 amide bonds. The van der Waals surface area contributed by atoms with Crippen LogP contribution in [-0.4, -0.2) is 58.0 Å². The van der Waals surface area contributed by atoms with E-state index >= 15 is 0 Å². The topological polar surface area (TPSA) is 69.3 Å². The molecular weight excluding hydrogens is 304 g/mol. The SMILES string of the molecule is O=C1CN(C(=O)CCc2cn[nH]c2)CCN1CCc1ccccc1. The van der Waals surface area contributed by atoms with E-state index < -0.39 is 0 Å². The summed E-state index contributed by atoms with van der Waals surface area (Å²) < 4.78 is 0. The van der Waals surface area contributed by atoms with Gasteiger partial charge in [0, 0.05) is 32.3 Å².